The molecule has 2 aromatic carbocycles. The molecule has 1 aromatic heterocycles. The zero-order chi connectivity index (χ0) is 21.1. The summed E-state index contributed by atoms with van der Waals surface area (Å²) in [7, 11) is 1.47. The molecular formula is C23H23N3O4. The van der Waals surface area contributed by atoms with Gasteiger partial charge in [0.25, 0.3) is 11.5 Å². The number of carbonyl (C=O) groups is 1. The summed E-state index contributed by atoms with van der Waals surface area (Å²) >= 11 is 0. The van der Waals surface area contributed by atoms with E-state index in [1.807, 2.05) is 18.2 Å². The quantitative estimate of drug-likeness (QED) is 0.605. The van der Waals surface area contributed by atoms with Crippen LogP contribution in [0.1, 0.15) is 45.6 Å². The van der Waals surface area contributed by atoms with E-state index in [0.29, 0.717) is 23.4 Å². The van der Waals surface area contributed by atoms with Gasteiger partial charge in [0.2, 0.25) is 0 Å². The van der Waals surface area contributed by atoms with Crippen LogP contribution in [-0.2, 0) is 19.3 Å². The Morgan fingerprint density at radius 1 is 1.17 bits per heavy atom. The highest BCUT2D eigenvalue weighted by atomic mass is 16.5. The van der Waals surface area contributed by atoms with Crippen LogP contribution in [0.3, 0.4) is 0 Å². The summed E-state index contributed by atoms with van der Waals surface area (Å²) in [5.74, 6) is 0.0163. The maximum Gasteiger partial charge on any atom is 0.267 e. The maximum atomic E-state index is 12.7. The number of anilines is 1. The molecule has 3 aromatic rings. The van der Waals surface area contributed by atoms with E-state index in [1.165, 1.54) is 13.2 Å². The van der Waals surface area contributed by atoms with E-state index in [9.17, 15) is 14.7 Å². The van der Waals surface area contributed by atoms with Crippen LogP contribution in [0.5, 0.6) is 11.5 Å². The van der Waals surface area contributed by atoms with Crippen LogP contribution in [0.2, 0.25) is 0 Å². The fraction of sp³-hybridized carbons (Fsp3) is 0.261. The number of carbonyl (C=O) groups excluding carboxylic acids is 1. The predicted molar refractivity (Wildman–Crippen MR) is 113 cm³/mol. The SMILES string of the molecule is COc1ccc(NC(=O)c2cccc(Cc3n[nH]c(=O)c4c3CCCC4)c2)cc1O. The summed E-state index contributed by atoms with van der Waals surface area (Å²) in [5.41, 5.74) is 4.58. The van der Waals surface area contributed by atoms with Gasteiger partial charge >= 0.3 is 0 Å². The monoisotopic (exact) mass is 405 g/mol. The summed E-state index contributed by atoms with van der Waals surface area (Å²) in [6, 6.07) is 12.0. The Hall–Kier alpha value is -3.61. The number of nitrogens with zero attached hydrogens (tertiary/aromatic N) is 1. The number of amides is 1. The van der Waals surface area contributed by atoms with Crippen LogP contribution in [0.15, 0.2) is 47.3 Å². The number of H-pyrrole nitrogens is 1. The minimum absolute atomic E-state index is 0.0435. The van der Waals surface area contributed by atoms with Gasteiger partial charge in [0.05, 0.1) is 12.8 Å². The van der Waals surface area contributed by atoms with E-state index in [-0.39, 0.29) is 17.2 Å². The molecule has 0 aliphatic heterocycles. The first-order valence-corrected chi connectivity index (χ1v) is 9.92. The van der Waals surface area contributed by atoms with Crippen molar-refractivity contribution >= 4 is 11.6 Å². The van der Waals surface area contributed by atoms with Gasteiger partial charge in [-0.1, -0.05) is 12.1 Å². The normalized spacial score (nSPS) is 12.8. The van der Waals surface area contributed by atoms with Crippen LogP contribution < -0.4 is 15.6 Å². The number of phenols is 1. The first-order valence-electron chi connectivity index (χ1n) is 9.92. The minimum Gasteiger partial charge on any atom is -0.504 e. The molecule has 4 rings (SSSR count). The number of phenolic OH excluding ortho intramolecular Hbond substituents is 1. The Bertz CT molecular complexity index is 1150. The molecule has 0 fully saturated rings. The summed E-state index contributed by atoms with van der Waals surface area (Å²) in [6.07, 6.45) is 4.28. The number of methoxy groups -OCH3 is 1. The number of hydrogen-bond acceptors (Lipinski definition) is 5. The molecule has 7 heteroatoms. The number of hydrogen-bond donors (Lipinski definition) is 3. The molecule has 3 N–H and O–H groups in total. The van der Waals surface area contributed by atoms with Crippen molar-refractivity contribution in [1.29, 1.82) is 0 Å². The van der Waals surface area contributed by atoms with Gasteiger partial charge in [-0.05, 0) is 61.1 Å². The van der Waals surface area contributed by atoms with Crippen LogP contribution in [0.25, 0.3) is 0 Å². The number of rotatable bonds is 5. The summed E-state index contributed by atoms with van der Waals surface area (Å²) in [5, 5.41) is 19.6. The molecule has 1 heterocycles. The fourth-order valence-corrected chi connectivity index (χ4v) is 3.86. The molecule has 1 aliphatic rings. The van der Waals surface area contributed by atoms with Gasteiger partial charge < -0.3 is 15.2 Å². The highest BCUT2D eigenvalue weighted by Crippen LogP contribution is 2.29. The lowest BCUT2D eigenvalue weighted by atomic mass is 9.90. The van der Waals surface area contributed by atoms with Crippen molar-refractivity contribution in [2.45, 2.75) is 32.1 Å². The second-order valence-corrected chi connectivity index (χ2v) is 7.38. The highest BCUT2D eigenvalue weighted by Gasteiger charge is 2.18. The Labute approximate surface area is 173 Å². The van der Waals surface area contributed by atoms with E-state index < -0.39 is 0 Å². The van der Waals surface area contributed by atoms with Gasteiger partial charge in [0, 0.05) is 29.3 Å². The lowest BCUT2D eigenvalue weighted by Gasteiger charge is -2.17. The molecule has 0 unspecified atom stereocenters. The van der Waals surface area contributed by atoms with E-state index >= 15 is 0 Å². The number of benzene rings is 2. The Morgan fingerprint density at radius 2 is 1.97 bits per heavy atom. The number of aromatic amines is 1. The van der Waals surface area contributed by atoms with E-state index in [0.717, 1.165) is 48.1 Å². The Kier molecular flexibility index (Phi) is 5.52. The average molecular weight is 405 g/mol. The van der Waals surface area contributed by atoms with Gasteiger partial charge in [-0.3, -0.25) is 9.59 Å². The first kappa shape index (κ1) is 19.7. The standard InChI is InChI=1S/C23H23N3O4/c1-30-21-10-9-16(13-20(21)27)24-22(28)15-6-4-5-14(11-15)12-19-17-7-2-3-8-18(17)23(29)26-25-19/h4-6,9-11,13,27H,2-3,7-8,12H2,1H3,(H,24,28)(H,26,29). The molecule has 0 saturated carbocycles. The van der Waals surface area contributed by atoms with Crippen LogP contribution in [0, 0.1) is 0 Å². The summed E-state index contributed by atoms with van der Waals surface area (Å²) in [6.45, 7) is 0. The van der Waals surface area contributed by atoms with Crippen molar-refractivity contribution in [2.24, 2.45) is 0 Å². The Morgan fingerprint density at radius 3 is 2.73 bits per heavy atom. The Balaban J connectivity index is 1.54. The first-order chi connectivity index (χ1) is 14.5. The predicted octanol–water partition coefficient (Wildman–Crippen LogP) is 3.21. The molecule has 30 heavy (non-hydrogen) atoms. The van der Waals surface area contributed by atoms with E-state index in [4.69, 9.17) is 4.74 Å². The second-order valence-electron chi connectivity index (χ2n) is 7.38. The van der Waals surface area contributed by atoms with Crippen LogP contribution >= 0.6 is 0 Å². The molecule has 154 valence electrons. The topological polar surface area (TPSA) is 104 Å². The molecule has 0 atom stereocenters. The number of ether oxygens (including phenoxy) is 1. The average Bonchev–Trinajstić information content (AvgIpc) is 2.76. The second kappa shape index (κ2) is 8.41. The lowest BCUT2D eigenvalue weighted by molar-refractivity contribution is 0.102. The van der Waals surface area contributed by atoms with Crippen LogP contribution in [-0.4, -0.2) is 28.3 Å². The molecular weight excluding hydrogens is 382 g/mol. The number of aromatic hydroxyl groups is 1. The molecule has 0 radical (unpaired) electrons. The van der Waals surface area contributed by atoms with Gasteiger partial charge in [-0.25, -0.2) is 5.10 Å². The number of aromatic nitrogens is 2. The third kappa shape index (κ3) is 4.05. The fourth-order valence-electron chi connectivity index (χ4n) is 3.86. The van der Waals surface area contributed by atoms with Gasteiger partial charge in [-0.2, -0.15) is 5.10 Å². The lowest BCUT2D eigenvalue weighted by Crippen LogP contribution is -2.23. The van der Waals surface area contributed by atoms with Crippen molar-refractivity contribution in [2.75, 3.05) is 12.4 Å². The smallest absolute Gasteiger partial charge is 0.267 e. The summed E-state index contributed by atoms with van der Waals surface area (Å²) < 4.78 is 5.02. The van der Waals surface area contributed by atoms with Crippen molar-refractivity contribution in [3.8, 4) is 11.5 Å². The summed E-state index contributed by atoms with van der Waals surface area (Å²) in [4.78, 5) is 24.7. The highest BCUT2D eigenvalue weighted by molar-refractivity contribution is 6.04. The zero-order valence-electron chi connectivity index (χ0n) is 16.7. The zero-order valence-corrected chi connectivity index (χ0v) is 16.7. The molecule has 7 nitrogen and oxygen atoms in total. The van der Waals surface area contributed by atoms with Crippen molar-refractivity contribution in [3.63, 3.8) is 0 Å². The van der Waals surface area contributed by atoms with Crippen molar-refractivity contribution in [1.82, 2.24) is 10.2 Å². The van der Waals surface area contributed by atoms with Gasteiger partial charge in [0.1, 0.15) is 0 Å². The van der Waals surface area contributed by atoms with Crippen LogP contribution in [0.4, 0.5) is 5.69 Å². The molecule has 1 aliphatic carbocycles. The van der Waals surface area contributed by atoms with Gasteiger partial charge in [-0.15, -0.1) is 0 Å². The molecule has 0 saturated heterocycles. The van der Waals surface area contributed by atoms with E-state index in [2.05, 4.69) is 15.5 Å². The molecule has 0 bridgehead atoms. The van der Waals surface area contributed by atoms with Gasteiger partial charge in [0.15, 0.2) is 11.5 Å². The molecule has 1 amide bonds. The number of fused-ring (bicyclic) bond motifs is 1. The van der Waals surface area contributed by atoms with E-state index in [1.54, 1.807) is 18.2 Å². The third-order valence-corrected chi connectivity index (χ3v) is 5.38. The van der Waals surface area contributed by atoms with Crippen molar-refractivity contribution in [3.05, 3.63) is 80.8 Å². The number of nitrogens with one attached hydrogen (secondary N) is 2. The molecule has 0 spiro atoms. The maximum absolute atomic E-state index is 12.7. The largest absolute Gasteiger partial charge is 0.504 e. The van der Waals surface area contributed by atoms with Crippen molar-refractivity contribution < 1.29 is 14.6 Å². The third-order valence-electron chi connectivity index (χ3n) is 5.38. The minimum atomic E-state index is -0.280.